The van der Waals surface area contributed by atoms with E-state index in [2.05, 4.69) is 0 Å². The summed E-state index contributed by atoms with van der Waals surface area (Å²) in [7, 11) is 0. The van der Waals surface area contributed by atoms with Crippen LogP contribution in [0.25, 0.3) is 0 Å². The first kappa shape index (κ1) is 11.5. The summed E-state index contributed by atoms with van der Waals surface area (Å²) in [6.45, 7) is 6.01. The number of allylic oxidation sites excluding steroid dienone is 1. The van der Waals surface area contributed by atoms with Crippen molar-refractivity contribution in [2.24, 2.45) is 0 Å². The van der Waals surface area contributed by atoms with Gasteiger partial charge < -0.3 is 10.2 Å². The standard InChI is InChI=1S/C5H10O.C2H6O/c1-5(2)3-4-6;1-2-3/h3,6H,4H2,1-2H3;3H,2H2,1H3. The largest absolute Gasteiger partial charge is 0.397 e. The molecule has 2 nitrogen and oxygen atoms in total. The van der Waals surface area contributed by atoms with Gasteiger partial charge in [-0.25, -0.2) is 0 Å². The Balaban J connectivity index is 0. The molecule has 0 spiro atoms. The molecule has 0 radical (unpaired) electrons. The zero-order valence-electron chi connectivity index (χ0n) is 6.39. The van der Waals surface area contributed by atoms with Crippen molar-refractivity contribution >= 4 is 0 Å². The van der Waals surface area contributed by atoms with Crippen molar-refractivity contribution in [3.63, 3.8) is 0 Å². The Kier molecular flexibility index (Phi) is 13.5. The van der Waals surface area contributed by atoms with Gasteiger partial charge in [0, 0.05) is 6.61 Å². The highest BCUT2D eigenvalue weighted by Gasteiger charge is 1.68. The third kappa shape index (κ3) is 34.7. The van der Waals surface area contributed by atoms with Crippen LogP contribution in [0.2, 0.25) is 0 Å². The van der Waals surface area contributed by atoms with Crippen molar-refractivity contribution < 1.29 is 10.2 Å². The summed E-state index contributed by atoms with van der Waals surface area (Å²) < 4.78 is 0. The molecule has 9 heavy (non-hydrogen) atoms. The molecular weight excluding hydrogens is 116 g/mol. The minimum absolute atomic E-state index is 0.169. The number of hydrogen-bond acceptors (Lipinski definition) is 2. The quantitative estimate of drug-likeness (QED) is 0.521. The Bertz CT molecular complexity index is 63.3. The lowest BCUT2D eigenvalue weighted by molar-refractivity contribution is 0.318. The van der Waals surface area contributed by atoms with Crippen molar-refractivity contribution in [1.29, 1.82) is 0 Å². The summed E-state index contributed by atoms with van der Waals surface area (Å²) in [6, 6.07) is 0. The molecule has 0 aliphatic rings. The summed E-state index contributed by atoms with van der Waals surface area (Å²) in [5.74, 6) is 0. The van der Waals surface area contributed by atoms with Gasteiger partial charge in [-0.2, -0.15) is 0 Å². The van der Waals surface area contributed by atoms with Crippen LogP contribution in [0.15, 0.2) is 11.6 Å². The maximum absolute atomic E-state index is 8.16. The molecule has 0 bridgehead atoms. The van der Waals surface area contributed by atoms with Gasteiger partial charge in [0.1, 0.15) is 0 Å². The molecule has 0 saturated heterocycles. The first-order valence-electron chi connectivity index (χ1n) is 3.04. The van der Waals surface area contributed by atoms with Gasteiger partial charge in [-0.05, 0) is 20.8 Å². The number of hydrogen-bond donors (Lipinski definition) is 2. The van der Waals surface area contributed by atoms with E-state index in [-0.39, 0.29) is 13.2 Å². The van der Waals surface area contributed by atoms with Crippen LogP contribution < -0.4 is 0 Å². The van der Waals surface area contributed by atoms with E-state index >= 15 is 0 Å². The fourth-order valence-electron chi connectivity index (χ4n) is 0.183. The van der Waals surface area contributed by atoms with Crippen LogP contribution in [0.1, 0.15) is 20.8 Å². The Morgan fingerprint density at radius 2 is 1.67 bits per heavy atom. The highest BCUT2D eigenvalue weighted by molar-refractivity contribution is 4.91. The minimum atomic E-state index is 0.169. The predicted octanol–water partition coefficient (Wildman–Crippen LogP) is 0.944. The molecule has 0 aromatic heterocycles. The van der Waals surface area contributed by atoms with Gasteiger partial charge in [0.2, 0.25) is 0 Å². The van der Waals surface area contributed by atoms with Crippen molar-refractivity contribution in [2.45, 2.75) is 20.8 Å². The summed E-state index contributed by atoms with van der Waals surface area (Å²) in [4.78, 5) is 0. The maximum Gasteiger partial charge on any atom is 0.0614 e. The van der Waals surface area contributed by atoms with Gasteiger partial charge in [0.05, 0.1) is 6.61 Å². The molecule has 0 aromatic carbocycles. The zero-order chi connectivity index (χ0) is 7.70. The summed E-state index contributed by atoms with van der Waals surface area (Å²) in [6.07, 6.45) is 1.76. The van der Waals surface area contributed by atoms with E-state index in [4.69, 9.17) is 10.2 Å². The lowest BCUT2D eigenvalue weighted by Crippen LogP contribution is -1.71. The zero-order valence-corrected chi connectivity index (χ0v) is 6.39. The molecule has 0 fully saturated rings. The third-order valence-corrected chi connectivity index (χ3v) is 0.500. The lowest BCUT2D eigenvalue weighted by atomic mass is 10.3. The highest BCUT2D eigenvalue weighted by atomic mass is 16.3. The van der Waals surface area contributed by atoms with E-state index in [1.54, 1.807) is 13.0 Å². The number of aliphatic hydroxyl groups excluding tert-OH is 2. The molecule has 0 aliphatic heterocycles. The van der Waals surface area contributed by atoms with Gasteiger partial charge in [-0.15, -0.1) is 0 Å². The first-order valence-corrected chi connectivity index (χ1v) is 3.04. The summed E-state index contributed by atoms with van der Waals surface area (Å²) >= 11 is 0. The average Bonchev–Trinajstić information content (AvgIpc) is 1.67. The van der Waals surface area contributed by atoms with E-state index in [0.717, 1.165) is 5.57 Å². The van der Waals surface area contributed by atoms with E-state index in [0.29, 0.717) is 0 Å². The molecule has 0 aliphatic carbocycles. The second-order valence-corrected chi connectivity index (χ2v) is 1.78. The van der Waals surface area contributed by atoms with Gasteiger partial charge in [0.25, 0.3) is 0 Å². The molecule has 0 saturated carbocycles. The van der Waals surface area contributed by atoms with Crippen LogP contribution in [-0.4, -0.2) is 23.4 Å². The molecular formula is C7H16O2. The Morgan fingerprint density at radius 1 is 1.33 bits per heavy atom. The second kappa shape index (κ2) is 10.6. The van der Waals surface area contributed by atoms with Crippen LogP contribution >= 0.6 is 0 Å². The minimum Gasteiger partial charge on any atom is -0.397 e. The van der Waals surface area contributed by atoms with Crippen LogP contribution in [0, 0.1) is 0 Å². The monoisotopic (exact) mass is 132 g/mol. The fourth-order valence-corrected chi connectivity index (χ4v) is 0.183. The van der Waals surface area contributed by atoms with E-state index in [1.165, 1.54) is 0 Å². The molecule has 0 unspecified atom stereocenters. The van der Waals surface area contributed by atoms with Crippen molar-refractivity contribution in [3.05, 3.63) is 11.6 Å². The Morgan fingerprint density at radius 3 is 1.67 bits per heavy atom. The Labute approximate surface area is 56.8 Å². The highest BCUT2D eigenvalue weighted by Crippen LogP contribution is 1.83. The van der Waals surface area contributed by atoms with Gasteiger partial charge in [0.15, 0.2) is 0 Å². The first-order chi connectivity index (χ1) is 4.18. The van der Waals surface area contributed by atoms with Gasteiger partial charge in [-0.3, -0.25) is 0 Å². The van der Waals surface area contributed by atoms with E-state index in [1.807, 2.05) is 13.8 Å². The molecule has 0 atom stereocenters. The second-order valence-electron chi connectivity index (χ2n) is 1.78. The number of rotatable bonds is 1. The molecule has 56 valence electrons. The van der Waals surface area contributed by atoms with Crippen LogP contribution in [0.5, 0.6) is 0 Å². The summed E-state index contributed by atoms with van der Waals surface area (Å²) in [5.41, 5.74) is 1.16. The molecule has 0 rings (SSSR count). The number of aliphatic hydroxyl groups is 2. The normalized spacial score (nSPS) is 7.22. The smallest absolute Gasteiger partial charge is 0.0614 e. The van der Waals surface area contributed by atoms with Crippen LogP contribution in [0.4, 0.5) is 0 Å². The average molecular weight is 132 g/mol. The Hall–Kier alpha value is -0.340. The van der Waals surface area contributed by atoms with Crippen molar-refractivity contribution in [1.82, 2.24) is 0 Å². The lowest BCUT2D eigenvalue weighted by Gasteiger charge is -1.80. The topological polar surface area (TPSA) is 40.5 Å². The van der Waals surface area contributed by atoms with Crippen LogP contribution in [0.3, 0.4) is 0 Å². The van der Waals surface area contributed by atoms with Gasteiger partial charge in [-0.1, -0.05) is 11.6 Å². The van der Waals surface area contributed by atoms with E-state index in [9.17, 15) is 0 Å². The predicted molar refractivity (Wildman–Crippen MR) is 39.3 cm³/mol. The van der Waals surface area contributed by atoms with E-state index < -0.39 is 0 Å². The molecule has 2 N–H and O–H groups in total. The summed E-state index contributed by atoms with van der Waals surface area (Å²) in [5, 5.41) is 15.7. The third-order valence-electron chi connectivity index (χ3n) is 0.500. The molecule has 0 heterocycles. The van der Waals surface area contributed by atoms with Crippen molar-refractivity contribution in [3.8, 4) is 0 Å². The molecule has 2 heteroatoms. The van der Waals surface area contributed by atoms with Crippen molar-refractivity contribution in [2.75, 3.05) is 13.2 Å². The fraction of sp³-hybridized carbons (Fsp3) is 0.714. The van der Waals surface area contributed by atoms with Gasteiger partial charge >= 0.3 is 0 Å². The van der Waals surface area contributed by atoms with Crippen LogP contribution in [-0.2, 0) is 0 Å². The SMILES string of the molecule is CC(C)=CCO.CCO. The molecule has 0 aromatic rings. The maximum atomic E-state index is 8.16. The molecule has 0 amide bonds.